The van der Waals surface area contributed by atoms with Gasteiger partial charge >= 0.3 is 6.18 Å². The minimum atomic E-state index is -4.53. The molecule has 31 heavy (non-hydrogen) atoms. The minimum absolute atomic E-state index is 0.00891. The second kappa shape index (κ2) is 8.19. The summed E-state index contributed by atoms with van der Waals surface area (Å²) in [6.07, 6.45) is -4.53. The number of nitrogens with two attached hydrogens (primary N) is 1. The van der Waals surface area contributed by atoms with Crippen LogP contribution in [0.5, 0.6) is 0 Å². The van der Waals surface area contributed by atoms with Crippen molar-refractivity contribution in [2.24, 2.45) is 17.9 Å². The van der Waals surface area contributed by atoms with Gasteiger partial charge in [0, 0.05) is 18.2 Å². The van der Waals surface area contributed by atoms with Crippen molar-refractivity contribution in [2.45, 2.75) is 18.0 Å². The first-order chi connectivity index (χ1) is 14.5. The second-order valence-corrected chi connectivity index (χ2v) is 8.36. The Balaban J connectivity index is 2.28. The van der Waals surface area contributed by atoms with Gasteiger partial charge in [-0.2, -0.15) is 13.2 Å². The highest BCUT2D eigenvalue weighted by Gasteiger charge is 2.31. The molecular weight excluding hydrogens is 435 g/mol. The van der Waals surface area contributed by atoms with Gasteiger partial charge in [0.25, 0.3) is 0 Å². The summed E-state index contributed by atoms with van der Waals surface area (Å²) >= 11 is 0. The van der Waals surface area contributed by atoms with E-state index in [1.54, 1.807) is 14.0 Å². The summed E-state index contributed by atoms with van der Waals surface area (Å²) in [5.74, 6) is 0.156. The first-order valence-electron chi connectivity index (χ1n) is 9.07. The molecular formula is C19H20F3N5O3S. The van der Waals surface area contributed by atoms with Crippen LogP contribution in [0, 0.1) is 0 Å². The first kappa shape index (κ1) is 22.6. The fourth-order valence-electron chi connectivity index (χ4n) is 3.01. The Morgan fingerprint density at radius 1 is 1.26 bits per heavy atom. The molecule has 1 heterocycles. The van der Waals surface area contributed by atoms with Gasteiger partial charge in [-0.05, 0) is 50.4 Å². The molecule has 8 nitrogen and oxygen atoms in total. The lowest BCUT2D eigenvalue weighted by molar-refractivity contribution is -0.137. The largest absolute Gasteiger partial charge is 0.416 e. The van der Waals surface area contributed by atoms with Crippen molar-refractivity contribution < 1.29 is 26.4 Å². The average molecular weight is 455 g/mol. The van der Waals surface area contributed by atoms with Crippen LogP contribution >= 0.6 is 0 Å². The number of aromatic nitrogens is 2. The molecule has 0 unspecified atom stereocenters. The summed E-state index contributed by atoms with van der Waals surface area (Å²) < 4.78 is 68.2. The Morgan fingerprint density at radius 3 is 2.58 bits per heavy atom. The van der Waals surface area contributed by atoms with Gasteiger partial charge in [-0.15, -0.1) is 0 Å². The Morgan fingerprint density at radius 2 is 1.97 bits per heavy atom. The van der Waals surface area contributed by atoms with Crippen molar-refractivity contribution in [3.05, 3.63) is 47.5 Å². The lowest BCUT2D eigenvalue weighted by Gasteiger charge is -2.12. The van der Waals surface area contributed by atoms with Crippen molar-refractivity contribution in [1.29, 1.82) is 0 Å². The standard InChI is InChI=1S/C19H20F3N5O3S/c1-4-30-26-17(23)11-5-8-16(31(28,29)24-2)13(9-11)18-25-14-10-12(19(20,21)22)6-7-15(14)27(18)3/h5-10,24H,4H2,1-3H3,(H2,23,26). The average Bonchev–Trinajstić information content (AvgIpc) is 3.06. The molecule has 2 aromatic carbocycles. The number of aryl methyl sites for hydroxylation is 1. The van der Waals surface area contributed by atoms with E-state index < -0.39 is 21.8 Å². The molecule has 0 atom stereocenters. The number of hydrogen-bond donors (Lipinski definition) is 2. The maximum atomic E-state index is 13.1. The van der Waals surface area contributed by atoms with E-state index in [4.69, 9.17) is 10.6 Å². The van der Waals surface area contributed by atoms with Crippen molar-refractivity contribution >= 4 is 26.9 Å². The molecule has 0 aliphatic carbocycles. The number of sulfonamides is 1. The zero-order chi connectivity index (χ0) is 23.0. The predicted molar refractivity (Wildman–Crippen MR) is 110 cm³/mol. The summed E-state index contributed by atoms with van der Waals surface area (Å²) in [4.78, 5) is 9.11. The fraction of sp³-hybridized carbons (Fsp3) is 0.263. The normalized spacial score (nSPS) is 13.0. The van der Waals surface area contributed by atoms with Crippen molar-refractivity contribution in [2.75, 3.05) is 13.7 Å². The molecule has 166 valence electrons. The third-order valence-electron chi connectivity index (χ3n) is 4.57. The smallest absolute Gasteiger partial charge is 0.394 e. The Hall–Kier alpha value is -3.12. The highest BCUT2D eigenvalue weighted by atomic mass is 32.2. The van der Waals surface area contributed by atoms with E-state index in [1.165, 1.54) is 35.9 Å². The third-order valence-corrected chi connectivity index (χ3v) is 6.05. The van der Waals surface area contributed by atoms with Crippen LogP contribution < -0.4 is 10.5 Å². The Labute approximate surface area is 176 Å². The molecule has 0 spiro atoms. The van der Waals surface area contributed by atoms with E-state index in [2.05, 4.69) is 14.9 Å². The van der Waals surface area contributed by atoms with Crippen LogP contribution in [0.4, 0.5) is 13.2 Å². The molecule has 3 aromatic rings. The number of nitrogens with one attached hydrogen (secondary N) is 1. The highest BCUT2D eigenvalue weighted by Crippen LogP contribution is 2.34. The first-order valence-corrected chi connectivity index (χ1v) is 10.6. The lowest BCUT2D eigenvalue weighted by Crippen LogP contribution is -2.21. The molecule has 0 amide bonds. The van der Waals surface area contributed by atoms with Gasteiger partial charge in [0.15, 0.2) is 5.84 Å². The van der Waals surface area contributed by atoms with Crippen LogP contribution in [-0.4, -0.2) is 37.5 Å². The maximum Gasteiger partial charge on any atom is 0.416 e. The molecule has 1 aromatic heterocycles. The van der Waals surface area contributed by atoms with Gasteiger partial charge in [0.1, 0.15) is 12.4 Å². The maximum absolute atomic E-state index is 13.1. The summed E-state index contributed by atoms with van der Waals surface area (Å²) in [6, 6.07) is 7.38. The van der Waals surface area contributed by atoms with Gasteiger partial charge in [0.05, 0.1) is 21.5 Å². The van der Waals surface area contributed by atoms with Crippen LogP contribution in [0.25, 0.3) is 22.4 Å². The molecule has 3 N–H and O–H groups in total. The van der Waals surface area contributed by atoms with Gasteiger partial charge < -0.3 is 15.1 Å². The van der Waals surface area contributed by atoms with Crippen LogP contribution in [0.15, 0.2) is 46.4 Å². The molecule has 0 fully saturated rings. The van der Waals surface area contributed by atoms with Gasteiger partial charge in [-0.25, -0.2) is 18.1 Å². The van der Waals surface area contributed by atoms with Gasteiger partial charge in [-0.3, -0.25) is 0 Å². The highest BCUT2D eigenvalue weighted by molar-refractivity contribution is 7.89. The van der Waals surface area contributed by atoms with Crippen molar-refractivity contribution in [3.63, 3.8) is 0 Å². The molecule has 0 bridgehead atoms. The zero-order valence-corrected chi connectivity index (χ0v) is 17.7. The Kier molecular flexibility index (Phi) is 5.96. The number of imidazole rings is 1. The second-order valence-electron chi connectivity index (χ2n) is 6.51. The lowest BCUT2D eigenvalue weighted by atomic mass is 10.1. The van der Waals surface area contributed by atoms with Crippen molar-refractivity contribution in [3.8, 4) is 11.4 Å². The van der Waals surface area contributed by atoms with Crippen LogP contribution in [0.3, 0.4) is 0 Å². The number of hydrogen-bond acceptors (Lipinski definition) is 5. The Bertz CT molecular complexity index is 1270. The van der Waals surface area contributed by atoms with E-state index in [1.807, 2.05) is 0 Å². The summed E-state index contributed by atoms with van der Waals surface area (Å²) in [7, 11) is -1.08. The molecule has 0 saturated heterocycles. The molecule has 0 saturated carbocycles. The zero-order valence-electron chi connectivity index (χ0n) is 16.9. The number of oxime groups is 1. The fourth-order valence-corrected chi connectivity index (χ4v) is 3.92. The van der Waals surface area contributed by atoms with Gasteiger partial charge in [-0.1, -0.05) is 5.16 Å². The summed E-state index contributed by atoms with van der Waals surface area (Å²) in [6.45, 7) is 2.01. The topological polar surface area (TPSA) is 112 Å². The van der Waals surface area contributed by atoms with Crippen LogP contribution in [0.1, 0.15) is 18.1 Å². The molecule has 0 radical (unpaired) electrons. The number of alkyl halides is 3. The minimum Gasteiger partial charge on any atom is -0.394 e. The molecule has 12 heteroatoms. The van der Waals surface area contributed by atoms with E-state index in [-0.39, 0.29) is 34.2 Å². The summed E-state index contributed by atoms with van der Waals surface area (Å²) in [5, 5.41) is 3.74. The van der Waals surface area contributed by atoms with Gasteiger partial charge in [0.2, 0.25) is 10.0 Å². The SMILES string of the molecule is CCO/N=C(\N)c1ccc(S(=O)(=O)NC)c(-c2nc3cc(C(F)(F)F)ccc3n2C)c1. The van der Waals surface area contributed by atoms with E-state index in [0.29, 0.717) is 11.1 Å². The van der Waals surface area contributed by atoms with Crippen molar-refractivity contribution in [1.82, 2.24) is 14.3 Å². The quantitative estimate of drug-likeness (QED) is 0.337. The number of benzene rings is 2. The monoisotopic (exact) mass is 455 g/mol. The summed E-state index contributed by atoms with van der Waals surface area (Å²) in [5.41, 5.74) is 6.04. The number of fused-ring (bicyclic) bond motifs is 1. The number of rotatable bonds is 6. The van der Waals surface area contributed by atoms with Crippen LogP contribution in [-0.2, 0) is 28.1 Å². The van der Waals surface area contributed by atoms with E-state index in [0.717, 1.165) is 12.1 Å². The third kappa shape index (κ3) is 4.35. The number of nitrogens with zero attached hydrogens (tertiary/aromatic N) is 3. The van der Waals surface area contributed by atoms with E-state index in [9.17, 15) is 21.6 Å². The van der Waals surface area contributed by atoms with Crippen LogP contribution in [0.2, 0.25) is 0 Å². The molecule has 0 aliphatic rings. The number of amidine groups is 1. The predicted octanol–water partition coefficient (Wildman–Crippen LogP) is 2.82. The number of halogens is 3. The molecule has 3 rings (SSSR count). The van der Waals surface area contributed by atoms with E-state index >= 15 is 0 Å². The molecule has 0 aliphatic heterocycles.